The van der Waals surface area contributed by atoms with Crippen LogP contribution in [0.5, 0.6) is 0 Å². The fourth-order valence-corrected chi connectivity index (χ4v) is 3.75. The van der Waals surface area contributed by atoms with Gasteiger partial charge in [-0.3, -0.25) is 14.4 Å². The van der Waals surface area contributed by atoms with Gasteiger partial charge in [-0.1, -0.05) is 25.8 Å². The Kier molecular flexibility index (Phi) is 5.40. The van der Waals surface area contributed by atoms with Gasteiger partial charge in [0.1, 0.15) is 11.6 Å². The van der Waals surface area contributed by atoms with E-state index in [2.05, 4.69) is 16.0 Å². The molecule has 5 amide bonds. The van der Waals surface area contributed by atoms with Gasteiger partial charge in [0, 0.05) is 17.8 Å². The van der Waals surface area contributed by atoms with Gasteiger partial charge in [0.05, 0.1) is 0 Å². The van der Waals surface area contributed by atoms with Crippen LogP contribution in [0.1, 0.15) is 51.5 Å². The summed E-state index contributed by atoms with van der Waals surface area (Å²) < 4.78 is 0. The largest absolute Gasteiger partial charge is 0.326 e. The molecule has 1 saturated heterocycles. The highest BCUT2D eigenvalue weighted by Crippen LogP contribution is 2.36. The molecule has 3 rings (SSSR count). The SMILES string of the molecule is CCC(=O)Nc1ccc(C)c(NC(=O)C(C)N2C(=O)NC3(CCCC3)C2=O)c1. The first-order valence-corrected chi connectivity index (χ1v) is 9.64. The van der Waals surface area contributed by atoms with Crippen LogP contribution in [0.15, 0.2) is 18.2 Å². The Morgan fingerprint density at radius 3 is 2.54 bits per heavy atom. The Bertz CT molecular complexity index is 829. The molecule has 150 valence electrons. The number of imide groups is 1. The van der Waals surface area contributed by atoms with Crippen LogP contribution in [-0.2, 0) is 14.4 Å². The quantitative estimate of drug-likeness (QED) is 0.676. The van der Waals surface area contributed by atoms with Gasteiger partial charge in [-0.15, -0.1) is 0 Å². The average Bonchev–Trinajstić information content (AvgIpc) is 3.22. The predicted molar refractivity (Wildman–Crippen MR) is 105 cm³/mol. The van der Waals surface area contributed by atoms with Gasteiger partial charge < -0.3 is 16.0 Å². The second-order valence-electron chi connectivity index (χ2n) is 7.49. The van der Waals surface area contributed by atoms with Crippen LogP contribution < -0.4 is 16.0 Å². The maximum absolute atomic E-state index is 12.8. The molecule has 1 aromatic carbocycles. The summed E-state index contributed by atoms with van der Waals surface area (Å²) in [6.07, 6.45) is 3.34. The lowest BCUT2D eigenvalue weighted by molar-refractivity contribution is -0.136. The Morgan fingerprint density at radius 1 is 1.21 bits per heavy atom. The first-order valence-electron chi connectivity index (χ1n) is 9.64. The number of rotatable bonds is 5. The number of carbonyl (C=O) groups is 4. The van der Waals surface area contributed by atoms with Crippen molar-refractivity contribution in [3.05, 3.63) is 23.8 Å². The highest BCUT2D eigenvalue weighted by molar-refractivity contribution is 6.11. The molecule has 1 aliphatic carbocycles. The van der Waals surface area contributed by atoms with Gasteiger partial charge >= 0.3 is 6.03 Å². The molecular formula is C20H26N4O4. The Hall–Kier alpha value is -2.90. The van der Waals surface area contributed by atoms with Crippen molar-refractivity contribution in [1.29, 1.82) is 0 Å². The molecule has 0 radical (unpaired) electrons. The van der Waals surface area contributed by atoms with Gasteiger partial charge in [-0.25, -0.2) is 9.69 Å². The zero-order chi connectivity index (χ0) is 20.5. The van der Waals surface area contributed by atoms with E-state index in [-0.39, 0.29) is 11.8 Å². The number of amides is 5. The molecule has 1 heterocycles. The number of hydrogen-bond acceptors (Lipinski definition) is 4. The fourth-order valence-electron chi connectivity index (χ4n) is 3.75. The first-order chi connectivity index (χ1) is 13.3. The molecule has 1 saturated carbocycles. The van der Waals surface area contributed by atoms with Crippen molar-refractivity contribution in [1.82, 2.24) is 10.2 Å². The average molecular weight is 386 g/mol. The molecule has 1 atom stereocenters. The van der Waals surface area contributed by atoms with Crippen molar-refractivity contribution in [2.75, 3.05) is 10.6 Å². The standard InChI is InChI=1S/C20H26N4O4/c1-4-16(25)21-14-8-7-12(2)15(11-14)22-17(26)13(3)24-18(27)20(23-19(24)28)9-5-6-10-20/h7-8,11,13H,4-6,9-10H2,1-3H3,(H,21,25)(H,22,26)(H,23,28). The summed E-state index contributed by atoms with van der Waals surface area (Å²) >= 11 is 0. The number of anilines is 2. The Morgan fingerprint density at radius 2 is 1.89 bits per heavy atom. The van der Waals surface area contributed by atoms with Crippen LogP contribution >= 0.6 is 0 Å². The van der Waals surface area contributed by atoms with E-state index in [0.29, 0.717) is 30.6 Å². The van der Waals surface area contributed by atoms with E-state index < -0.39 is 23.5 Å². The van der Waals surface area contributed by atoms with Crippen molar-refractivity contribution in [2.24, 2.45) is 0 Å². The van der Waals surface area contributed by atoms with E-state index in [0.717, 1.165) is 23.3 Å². The smallest absolute Gasteiger partial charge is 0.325 e. The van der Waals surface area contributed by atoms with Crippen LogP contribution in [0, 0.1) is 6.92 Å². The van der Waals surface area contributed by atoms with E-state index >= 15 is 0 Å². The van der Waals surface area contributed by atoms with Gasteiger partial charge in [0.15, 0.2) is 0 Å². The minimum Gasteiger partial charge on any atom is -0.326 e. The molecule has 8 nitrogen and oxygen atoms in total. The maximum Gasteiger partial charge on any atom is 0.325 e. The van der Waals surface area contributed by atoms with Crippen molar-refractivity contribution < 1.29 is 19.2 Å². The lowest BCUT2D eigenvalue weighted by atomic mass is 9.97. The maximum atomic E-state index is 12.8. The number of carbonyl (C=O) groups excluding carboxylic acids is 4. The zero-order valence-corrected chi connectivity index (χ0v) is 16.4. The summed E-state index contributed by atoms with van der Waals surface area (Å²) in [6.45, 7) is 5.12. The minimum atomic E-state index is -0.944. The summed E-state index contributed by atoms with van der Waals surface area (Å²) in [7, 11) is 0. The van der Waals surface area contributed by atoms with E-state index in [4.69, 9.17) is 0 Å². The topological polar surface area (TPSA) is 108 Å². The second-order valence-corrected chi connectivity index (χ2v) is 7.49. The molecule has 2 fully saturated rings. The van der Waals surface area contributed by atoms with E-state index in [1.165, 1.54) is 0 Å². The highest BCUT2D eigenvalue weighted by Gasteiger charge is 2.54. The molecule has 0 aromatic heterocycles. The summed E-state index contributed by atoms with van der Waals surface area (Å²) in [5.41, 5.74) is 1.06. The minimum absolute atomic E-state index is 0.129. The monoisotopic (exact) mass is 386 g/mol. The number of nitrogens with zero attached hydrogens (tertiary/aromatic N) is 1. The van der Waals surface area contributed by atoms with E-state index in [1.54, 1.807) is 32.0 Å². The molecule has 3 N–H and O–H groups in total. The van der Waals surface area contributed by atoms with Gasteiger partial charge in [-0.2, -0.15) is 0 Å². The number of hydrogen-bond donors (Lipinski definition) is 3. The van der Waals surface area contributed by atoms with Gasteiger partial charge in [0.25, 0.3) is 5.91 Å². The van der Waals surface area contributed by atoms with Crippen molar-refractivity contribution >= 4 is 35.1 Å². The lowest BCUT2D eigenvalue weighted by Gasteiger charge is -2.24. The lowest BCUT2D eigenvalue weighted by Crippen LogP contribution is -2.48. The normalized spacial score (nSPS) is 18.9. The van der Waals surface area contributed by atoms with Crippen LogP contribution in [0.2, 0.25) is 0 Å². The fraction of sp³-hybridized carbons (Fsp3) is 0.500. The van der Waals surface area contributed by atoms with Crippen molar-refractivity contribution in [3.63, 3.8) is 0 Å². The second kappa shape index (κ2) is 7.61. The molecule has 1 unspecified atom stereocenters. The molecule has 28 heavy (non-hydrogen) atoms. The Balaban J connectivity index is 1.74. The van der Waals surface area contributed by atoms with Crippen molar-refractivity contribution in [2.45, 2.75) is 64.5 Å². The summed E-state index contributed by atoms with van der Waals surface area (Å²) in [5, 5.41) is 8.31. The number of nitrogens with one attached hydrogen (secondary N) is 3. The molecule has 0 bridgehead atoms. The number of aryl methyl sites for hydroxylation is 1. The number of benzene rings is 1. The third kappa shape index (κ3) is 3.58. The van der Waals surface area contributed by atoms with Crippen LogP contribution in [-0.4, -0.2) is 40.2 Å². The Labute approximate surface area is 164 Å². The summed E-state index contributed by atoms with van der Waals surface area (Å²) in [4.78, 5) is 50.6. The molecule has 1 aliphatic heterocycles. The van der Waals surface area contributed by atoms with Gasteiger partial charge in [0.2, 0.25) is 11.8 Å². The molecule has 1 spiro atoms. The van der Waals surface area contributed by atoms with Crippen LogP contribution in [0.25, 0.3) is 0 Å². The van der Waals surface area contributed by atoms with Gasteiger partial charge in [-0.05, 0) is 44.4 Å². The predicted octanol–water partition coefficient (Wildman–Crippen LogP) is 2.54. The third-order valence-electron chi connectivity index (χ3n) is 5.52. The van der Waals surface area contributed by atoms with E-state index in [1.807, 2.05) is 6.92 Å². The van der Waals surface area contributed by atoms with Crippen molar-refractivity contribution in [3.8, 4) is 0 Å². The molecule has 2 aliphatic rings. The van der Waals surface area contributed by atoms with Crippen LogP contribution in [0.4, 0.5) is 16.2 Å². The zero-order valence-electron chi connectivity index (χ0n) is 16.4. The van der Waals surface area contributed by atoms with Crippen LogP contribution in [0.3, 0.4) is 0 Å². The summed E-state index contributed by atoms with van der Waals surface area (Å²) in [6, 6.07) is 3.74. The number of urea groups is 1. The van der Waals surface area contributed by atoms with E-state index in [9.17, 15) is 19.2 Å². The molecule has 1 aromatic rings. The third-order valence-corrected chi connectivity index (χ3v) is 5.52. The summed E-state index contributed by atoms with van der Waals surface area (Å²) in [5.74, 6) is -0.908. The molecular weight excluding hydrogens is 360 g/mol. The highest BCUT2D eigenvalue weighted by atomic mass is 16.2. The first kappa shape index (κ1) is 19.9. The molecule has 8 heteroatoms.